The molecule has 0 aliphatic heterocycles. The Labute approximate surface area is 193 Å². The molecule has 0 fully saturated rings. The molecule has 1 N–H and O–H groups in total. The van der Waals surface area contributed by atoms with E-state index >= 15 is 0 Å². The van der Waals surface area contributed by atoms with E-state index in [1.165, 1.54) is 0 Å². The second-order valence-electron chi connectivity index (χ2n) is 9.11. The minimum Gasteiger partial charge on any atom is -0.405 e. The van der Waals surface area contributed by atoms with Crippen molar-refractivity contribution in [2.75, 3.05) is 0 Å². The van der Waals surface area contributed by atoms with E-state index in [1.54, 1.807) is 4.68 Å². The molecule has 1 unspecified atom stereocenters. The van der Waals surface area contributed by atoms with E-state index in [1.807, 2.05) is 85.5 Å². The highest BCUT2D eigenvalue weighted by atomic mass is 16.5. The van der Waals surface area contributed by atoms with Crippen molar-refractivity contribution in [1.82, 2.24) is 24.5 Å². The van der Waals surface area contributed by atoms with E-state index in [0.29, 0.717) is 0 Å². The normalized spacial score (nSPS) is 13.0. The summed E-state index contributed by atoms with van der Waals surface area (Å²) in [5.41, 5.74) is 7.42. The van der Waals surface area contributed by atoms with Gasteiger partial charge in [-0.1, -0.05) is 35.5 Å². The smallest absolute Gasteiger partial charge is 0.141 e. The van der Waals surface area contributed by atoms with Crippen LogP contribution >= 0.6 is 0 Å². The molecule has 164 valence electrons. The van der Waals surface area contributed by atoms with Crippen LogP contribution in [0.2, 0.25) is 0 Å². The van der Waals surface area contributed by atoms with Gasteiger partial charge in [-0.25, -0.2) is 0 Å². The third-order valence-electron chi connectivity index (χ3n) is 6.07. The zero-order chi connectivity index (χ0) is 23.3. The lowest BCUT2D eigenvalue weighted by Crippen LogP contribution is -2.41. The predicted octanol–water partition coefficient (Wildman–Crippen LogP) is 2.21. The average Bonchev–Trinajstić information content (AvgIpc) is 3.45. The van der Waals surface area contributed by atoms with Gasteiger partial charge in [-0.05, 0) is 25.5 Å². The predicted molar refractivity (Wildman–Crippen MR) is 134 cm³/mol. The van der Waals surface area contributed by atoms with Crippen molar-refractivity contribution in [3.05, 3.63) is 78.2 Å². The van der Waals surface area contributed by atoms with Gasteiger partial charge in [0.05, 0.1) is 29.0 Å². The lowest BCUT2D eigenvalue weighted by Gasteiger charge is -2.32. The van der Waals surface area contributed by atoms with E-state index < -0.39 is 5.40 Å². The third-order valence-corrected chi connectivity index (χ3v) is 6.07. The summed E-state index contributed by atoms with van der Waals surface area (Å²) in [5.74, 6) is 0.751. The molecule has 0 radical (unpaired) electrons. The lowest BCUT2D eigenvalue weighted by molar-refractivity contribution is 0.167. The largest absolute Gasteiger partial charge is 0.405 e. The van der Waals surface area contributed by atoms with Crippen molar-refractivity contribution in [3.63, 3.8) is 0 Å². The molecule has 0 saturated carbocycles. The molecule has 0 bridgehead atoms. The van der Waals surface area contributed by atoms with Crippen LogP contribution in [0.15, 0.2) is 65.7 Å². The van der Waals surface area contributed by atoms with Gasteiger partial charge in [-0.3, -0.25) is 9.67 Å². The first-order valence-corrected chi connectivity index (χ1v) is 10.9. The van der Waals surface area contributed by atoms with Crippen LogP contribution < -0.4 is 0 Å². The first-order chi connectivity index (χ1) is 15.7. The van der Waals surface area contributed by atoms with E-state index in [2.05, 4.69) is 27.1 Å². The van der Waals surface area contributed by atoms with Crippen LogP contribution in [0.3, 0.4) is 0 Å². The minimum atomic E-state index is -1.03. The van der Waals surface area contributed by atoms with Gasteiger partial charge in [0, 0.05) is 53.3 Å². The van der Waals surface area contributed by atoms with Gasteiger partial charge in [0.25, 0.3) is 0 Å². The number of aliphatic hydroxyl groups is 1. The fraction of sp³-hybridized carbons (Fsp3) is 0.208. The van der Waals surface area contributed by atoms with Crippen LogP contribution in [0.5, 0.6) is 0 Å². The highest BCUT2D eigenvalue weighted by Gasteiger charge is 2.32. The van der Waals surface area contributed by atoms with Crippen molar-refractivity contribution in [2.24, 2.45) is 7.05 Å². The Morgan fingerprint density at radius 1 is 1.06 bits per heavy atom. The second kappa shape index (κ2) is 7.78. The molecule has 0 saturated heterocycles. The number of rotatable bonds is 5. The van der Waals surface area contributed by atoms with Crippen molar-refractivity contribution >= 4 is 26.7 Å². The van der Waals surface area contributed by atoms with Gasteiger partial charge >= 0.3 is 0 Å². The summed E-state index contributed by atoms with van der Waals surface area (Å²) in [7, 11) is 5.58. The summed E-state index contributed by atoms with van der Waals surface area (Å²) in [5, 5.41) is 18.7. The van der Waals surface area contributed by atoms with Crippen molar-refractivity contribution in [2.45, 2.75) is 25.3 Å². The summed E-state index contributed by atoms with van der Waals surface area (Å²) in [6.45, 7) is 3.84. The number of hydrogen-bond donors (Lipinski definition) is 1. The molecule has 1 aromatic carbocycles. The zero-order valence-corrected chi connectivity index (χ0v) is 19.4. The zero-order valence-electron chi connectivity index (χ0n) is 19.4. The van der Waals surface area contributed by atoms with Gasteiger partial charge in [-0.15, -0.1) is 0 Å². The summed E-state index contributed by atoms with van der Waals surface area (Å²) >= 11 is 0. The molecule has 5 rings (SSSR count). The summed E-state index contributed by atoms with van der Waals surface area (Å²) < 4.78 is 9.31. The van der Waals surface area contributed by atoms with Crippen LogP contribution in [0.25, 0.3) is 33.3 Å². The van der Waals surface area contributed by atoms with Crippen molar-refractivity contribution in [3.8, 4) is 22.3 Å². The highest BCUT2D eigenvalue weighted by molar-refractivity contribution is 6.39. The maximum absolute atomic E-state index is 11.3. The van der Waals surface area contributed by atoms with Gasteiger partial charge in [-0.2, -0.15) is 5.10 Å². The number of aromatic nitrogens is 5. The molecule has 9 heteroatoms. The van der Waals surface area contributed by atoms with Crippen LogP contribution in [0.4, 0.5) is 0 Å². The first kappa shape index (κ1) is 21.3. The topological polar surface area (TPSA) is 81.9 Å². The van der Waals surface area contributed by atoms with E-state index in [0.717, 1.165) is 50.3 Å². The molecule has 1 atom stereocenters. The number of aryl methyl sites for hydroxylation is 3. The van der Waals surface area contributed by atoms with Crippen LogP contribution in [-0.4, -0.2) is 50.7 Å². The van der Waals surface area contributed by atoms with Crippen molar-refractivity contribution in [1.29, 1.82) is 0 Å². The number of fused-ring (bicyclic) bond motifs is 1. The summed E-state index contributed by atoms with van der Waals surface area (Å²) in [4.78, 5) is 4.87. The van der Waals surface area contributed by atoms with Gasteiger partial charge in [0.15, 0.2) is 0 Å². The Bertz CT molecular complexity index is 1430. The quantitative estimate of drug-likeness (QED) is 0.427. The molecule has 7 nitrogen and oxygen atoms in total. The molecule has 0 aliphatic rings. The molecule has 0 aliphatic carbocycles. The van der Waals surface area contributed by atoms with E-state index in [4.69, 9.17) is 9.51 Å². The fourth-order valence-corrected chi connectivity index (χ4v) is 4.69. The van der Waals surface area contributed by atoms with Crippen LogP contribution in [0, 0.1) is 13.8 Å². The Morgan fingerprint density at radius 2 is 1.82 bits per heavy atom. The van der Waals surface area contributed by atoms with Crippen LogP contribution in [-0.2, 0) is 7.05 Å². The lowest BCUT2D eigenvalue weighted by atomic mass is 9.59. The Balaban J connectivity index is 1.82. The number of nitrogens with zero attached hydrogens (tertiary/aromatic N) is 5. The molecule has 4 heterocycles. The standard InChI is InChI=1S/C24H25B2N5O2/c1-14-21(15(2)33-29-14)17-9-20-22(27-10-17)19(18-11-28-30(3)12-18)13-31(20)23(24(25,26)32)16-7-5-4-6-8-16/h4-13,23,32H,25-26H2,1-3H3. The SMILES string of the molecule is BC(B)(O)C(c1ccccc1)n1cc(-c2cnn(C)c2)c2ncc(-c3c(C)noc3C)cc21. The molecule has 33 heavy (non-hydrogen) atoms. The summed E-state index contributed by atoms with van der Waals surface area (Å²) in [6.07, 6.45) is 7.75. The number of benzene rings is 1. The number of pyridine rings is 1. The average molecular weight is 437 g/mol. The van der Waals surface area contributed by atoms with E-state index in [9.17, 15) is 5.11 Å². The van der Waals surface area contributed by atoms with Gasteiger partial charge < -0.3 is 14.2 Å². The number of hydrogen-bond acceptors (Lipinski definition) is 5. The maximum atomic E-state index is 11.3. The molecule has 0 spiro atoms. The summed E-state index contributed by atoms with van der Waals surface area (Å²) in [6, 6.07) is 11.8. The Kier molecular flexibility index (Phi) is 5.01. The first-order valence-electron chi connectivity index (χ1n) is 10.9. The highest BCUT2D eigenvalue weighted by Crippen LogP contribution is 2.38. The van der Waals surface area contributed by atoms with Crippen LogP contribution in [0.1, 0.15) is 23.1 Å². The maximum Gasteiger partial charge on any atom is 0.141 e. The van der Waals surface area contributed by atoms with Gasteiger partial charge in [0.2, 0.25) is 0 Å². The molecular weight excluding hydrogens is 412 g/mol. The Hall–Kier alpha value is -3.58. The molecule has 4 aromatic heterocycles. The molecule has 0 amide bonds. The monoisotopic (exact) mass is 437 g/mol. The van der Waals surface area contributed by atoms with Crippen molar-refractivity contribution < 1.29 is 9.63 Å². The third kappa shape index (κ3) is 3.68. The molecular formula is C24H25B2N5O2. The van der Waals surface area contributed by atoms with E-state index in [-0.39, 0.29) is 6.04 Å². The molecule has 5 aromatic rings. The van der Waals surface area contributed by atoms with Gasteiger partial charge in [0.1, 0.15) is 21.5 Å². The fourth-order valence-electron chi connectivity index (χ4n) is 4.69. The Morgan fingerprint density at radius 3 is 2.42 bits per heavy atom. The second-order valence-corrected chi connectivity index (χ2v) is 9.11. The minimum absolute atomic E-state index is 0.326.